The van der Waals surface area contributed by atoms with Crippen LogP contribution in [0.4, 0.5) is 0 Å². The second-order valence-electron chi connectivity index (χ2n) is 10.6. The van der Waals surface area contributed by atoms with Gasteiger partial charge in [0.2, 0.25) is 0 Å². The van der Waals surface area contributed by atoms with E-state index in [1.54, 1.807) is 11.1 Å². The normalized spacial score (nSPS) is 23.7. The second kappa shape index (κ2) is 11.9. The van der Waals surface area contributed by atoms with Gasteiger partial charge in [0.15, 0.2) is 0 Å². The van der Waals surface area contributed by atoms with Crippen molar-refractivity contribution in [1.82, 2.24) is 0 Å². The first-order valence-electron chi connectivity index (χ1n) is 13.7. The predicted octanol–water partition coefficient (Wildman–Crippen LogP) is 10.2. The lowest BCUT2D eigenvalue weighted by molar-refractivity contribution is 0.308. The lowest BCUT2D eigenvalue weighted by Gasteiger charge is -2.28. The van der Waals surface area contributed by atoms with E-state index in [9.17, 15) is 0 Å². The lowest BCUT2D eigenvalue weighted by atomic mass is 9.77. The van der Waals surface area contributed by atoms with E-state index in [0.29, 0.717) is 0 Å². The van der Waals surface area contributed by atoms with Crippen molar-refractivity contribution in [2.24, 2.45) is 11.8 Å². The van der Waals surface area contributed by atoms with E-state index >= 15 is 0 Å². The van der Waals surface area contributed by atoms with Crippen LogP contribution in [0.15, 0.2) is 54.6 Å². The van der Waals surface area contributed by atoms with Crippen LogP contribution >= 0.6 is 0 Å². The van der Waals surface area contributed by atoms with E-state index in [2.05, 4.69) is 68.5 Å². The molecule has 32 heavy (non-hydrogen) atoms. The van der Waals surface area contributed by atoms with Gasteiger partial charge in [0.05, 0.1) is 0 Å². The number of unbranched alkanes of at least 4 members (excludes halogenated alkanes) is 2. The molecule has 2 aromatic rings. The fourth-order valence-corrected chi connectivity index (χ4v) is 6.11. The van der Waals surface area contributed by atoms with Crippen molar-refractivity contribution < 1.29 is 0 Å². The largest absolute Gasteiger partial charge is 0.0804 e. The maximum absolute atomic E-state index is 2.53. The van der Waals surface area contributed by atoms with Crippen LogP contribution in [0.1, 0.15) is 114 Å². The Bertz CT molecular complexity index is 831. The molecule has 0 heterocycles. The number of hydrogen-bond acceptors (Lipinski definition) is 0. The second-order valence-corrected chi connectivity index (χ2v) is 10.6. The van der Waals surface area contributed by atoms with Gasteiger partial charge in [0.1, 0.15) is 0 Å². The molecular weight excluding hydrogens is 384 g/mol. The fourth-order valence-electron chi connectivity index (χ4n) is 6.11. The first-order valence-corrected chi connectivity index (χ1v) is 13.7. The minimum Gasteiger partial charge on any atom is -0.0804 e. The summed E-state index contributed by atoms with van der Waals surface area (Å²) in [6.45, 7) is 4.63. The Hall–Kier alpha value is -1.82. The van der Waals surface area contributed by atoms with Crippen molar-refractivity contribution in [3.05, 3.63) is 65.7 Å². The van der Waals surface area contributed by atoms with Crippen LogP contribution in [0.2, 0.25) is 0 Å². The van der Waals surface area contributed by atoms with Crippen molar-refractivity contribution in [1.29, 1.82) is 0 Å². The van der Waals surface area contributed by atoms with Gasteiger partial charge < -0.3 is 0 Å². The Morgan fingerprint density at radius 3 is 1.88 bits per heavy atom. The van der Waals surface area contributed by atoms with Gasteiger partial charge in [-0.1, -0.05) is 107 Å². The summed E-state index contributed by atoms with van der Waals surface area (Å²) in [6.07, 6.45) is 20.4. The number of rotatable bonds is 9. The van der Waals surface area contributed by atoms with Crippen LogP contribution in [0.5, 0.6) is 0 Å². The fraction of sp³-hybridized carbons (Fsp3) is 0.562. The van der Waals surface area contributed by atoms with Gasteiger partial charge in [-0.25, -0.2) is 0 Å². The molecule has 2 aliphatic carbocycles. The maximum Gasteiger partial charge on any atom is -0.0162 e. The Balaban J connectivity index is 1.32. The zero-order valence-electron chi connectivity index (χ0n) is 20.6. The third-order valence-electron chi connectivity index (χ3n) is 8.25. The van der Waals surface area contributed by atoms with Crippen molar-refractivity contribution >= 4 is 5.57 Å². The molecule has 0 bridgehead atoms. The summed E-state index contributed by atoms with van der Waals surface area (Å²) in [4.78, 5) is 0. The SMILES string of the molecule is CCCCCC1CC=C(c2ccc(-c3ccc([C@H]4CC[C@H](CCC)CC4)cc3)cc2)CC1. The van der Waals surface area contributed by atoms with E-state index in [1.807, 2.05) is 0 Å². The Labute approximate surface area is 197 Å². The first kappa shape index (κ1) is 23.3. The number of hydrogen-bond donors (Lipinski definition) is 0. The van der Waals surface area contributed by atoms with Gasteiger partial charge in [-0.05, 0) is 90.5 Å². The smallest absolute Gasteiger partial charge is 0.0162 e. The van der Waals surface area contributed by atoms with Gasteiger partial charge >= 0.3 is 0 Å². The Morgan fingerprint density at radius 1 is 0.625 bits per heavy atom. The minimum atomic E-state index is 0.781. The molecule has 0 radical (unpaired) electrons. The number of benzene rings is 2. The molecule has 1 unspecified atom stereocenters. The average molecular weight is 429 g/mol. The zero-order chi connectivity index (χ0) is 22.2. The molecule has 0 N–H and O–H groups in total. The molecule has 0 saturated heterocycles. The van der Waals surface area contributed by atoms with E-state index in [-0.39, 0.29) is 0 Å². The summed E-state index contributed by atoms with van der Waals surface area (Å²) < 4.78 is 0. The van der Waals surface area contributed by atoms with Gasteiger partial charge in [-0.3, -0.25) is 0 Å². The standard InChI is InChI=1S/C32H44/c1-3-5-6-8-26-11-15-28(16-12-26)30-19-23-32(24-20-30)31-21-17-29(18-22-31)27-13-9-25(7-4-2)10-14-27/h15,17-27H,3-14,16H2,1-2H3/t25-,26?,27-. The molecule has 0 nitrogen and oxygen atoms in total. The Morgan fingerprint density at radius 2 is 1.28 bits per heavy atom. The Kier molecular flexibility index (Phi) is 8.66. The van der Waals surface area contributed by atoms with Crippen LogP contribution < -0.4 is 0 Å². The molecule has 2 aliphatic rings. The van der Waals surface area contributed by atoms with E-state index in [1.165, 1.54) is 100 Å². The molecule has 1 atom stereocenters. The maximum atomic E-state index is 2.53. The van der Waals surface area contributed by atoms with Crippen molar-refractivity contribution in [2.45, 2.75) is 103 Å². The number of allylic oxidation sites excluding steroid dienone is 2. The molecule has 4 rings (SSSR count). The molecular formula is C32H44. The molecule has 172 valence electrons. The summed E-state index contributed by atoms with van der Waals surface area (Å²) in [6, 6.07) is 18.9. The van der Waals surface area contributed by atoms with Crippen LogP contribution in [0.3, 0.4) is 0 Å². The molecule has 0 aromatic heterocycles. The molecule has 2 aromatic carbocycles. The highest BCUT2D eigenvalue weighted by atomic mass is 14.3. The van der Waals surface area contributed by atoms with E-state index in [0.717, 1.165) is 17.8 Å². The summed E-state index contributed by atoms with van der Waals surface area (Å²) in [5.41, 5.74) is 7.26. The highest BCUT2D eigenvalue weighted by Crippen LogP contribution is 2.38. The van der Waals surface area contributed by atoms with Crippen LogP contribution in [0.25, 0.3) is 16.7 Å². The summed E-state index contributed by atoms with van der Waals surface area (Å²) in [5.74, 6) is 2.69. The highest BCUT2D eigenvalue weighted by Gasteiger charge is 2.21. The highest BCUT2D eigenvalue weighted by molar-refractivity contribution is 5.71. The van der Waals surface area contributed by atoms with Crippen molar-refractivity contribution in [2.75, 3.05) is 0 Å². The lowest BCUT2D eigenvalue weighted by Crippen LogP contribution is -2.13. The van der Waals surface area contributed by atoms with Gasteiger partial charge in [-0.15, -0.1) is 0 Å². The summed E-state index contributed by atoms with van der Waals surface area (Å²) >= 11 is 0. The predicted molar refractivity (Wildman–Crippen MR) is 141 cm³/mol. The summed E-state index contributed by atoms with van der Waals surface area (Å²) in [5, 5.41) is 0. The van der Waals surface area contributed by atoms with Crippen LogP contribution in [-0.4, -0.2) is 0 Å². The van der Waals surface area contributed by atoms with Crippen LogP contribution in [0, 0.1) is 11.8 Å². The third-order valence-corrected chi connectivity index (χ3v) is 8.25. The van der Waals surface area contributed by atoms with E-state index < -0.39 is 0 Å². The molecule has 0 aliphatic heterocycles. The van der Waals surface area contributed by atoms with Gasteiger partial charge in [0, 0.05) is 0 Å². The van der Waals surface area contributed by atoms with E-state index in [4.69, 9.17) is 0 Å². The van der Waals surface area contributed by atoms with Gasteiger partial charge in [0.25, 0.3) is 0 Å². The van der Waals surface area contributed by atoms with Crippen molar-refractivity contribution in [3.8, 4) is 11.1 Å². The topological polar surface area (TPSA) is 0 Å². The zero-order valence-corrected chi connectivity index (χ0v) is 20.6. The average Bonchev–Trinajstić information content (AvgIpc) is 2.86. The minimum absolute atomic E-state index is 0.781. The molecule has 1 saturated carbocycles. The van der Waals surface area contributed by atoms with Crippen LogP contribution in [-0.2, 0) is 0 Å². The van der Waals surface area contributed by atoms with Crippen molar-refractivity contribution in [3.63, 3.8) is 0 Å². The molecule has 0 spiro atoms. The quantitative estimate of drug-likeness (QED) is 0.348. The van der Waals surface area contributed by atoms with Gasteiger partial charge in [-0.2, -0.15) is 0 Å². The first-order chi connectivity index (χ1) is 15.8. The third kappa shape index (κ3) is 6.15. The molecule has 1 fully saturated rings. The monoisotopic (exact) mass is 428 g/mol. The molecule has 0 heteroatoms. The molecule has 0 amide bonds. The summed E-state index contributed by atoms with van der Waals surface area (Å²) in [7, 11) is 0.